The van der Waals surface area contributed by atoms with E-state index in [1.165, 1.54) is 6.08 Å². The third-order valence-electron chi connectivity index (χ3n) is 2.89. The molecule has 0 unspecified atom stereocenters. The van der Waals surface area contributed by atoms with Crippen LogP contribution in [-0.2, 0) is 14.8 Å². The lowest BCUT2D eigenvalue weighted by Crippen LogP contribution is -2.38. The van der Waals surface area contributed by atoms with E-state index in [4.69, 9.17) is 0 Å². The molecule has 1 aromatic rings. The lowest BCUT2D eigenvalue weighted by Gasteiger charge is -2.23. The van der Waals surface area contributed by atoms with Gasteiger partial charge >= 0.3 is 0 Å². The van der Waals surface area contributed by atoms with E-state index < -0.39 is 15.9 Å². The molecule has 0 fully saturated rings. The minimum atomic E-state index is -3.70. The van der Waals surface area contributed by atoms with E-state index in [0.717, 1.165) is 15.3 Å². The zero-order valence-electron chi connectivity index (χ0n) is 10.6. The van der Waals surface area contributed by atoms with E-state index >= 15 is 0 Å². The quantitative estimate of drug-likeness (QED) is 0.850. The van der Waals surface area contributed by atoms with Gasteiger partial charge in [-0.3, -0.25) is 4.79 Å². The van der Waals surface area contributed by atoms with Gasteiger partial charge in [-0.05, 0) is 25.0 Å². The minimum Gasteiger partial charge on any atom is -0.268 e. The van der Waals surface area contributed by atoms with Crippen molar-refractivity contribution in [2.75, 3.05) is 6.54 Å². The zero-order chi connectivity index (χ0) is 13.9. The molecular formula is C14H15NO3S. The molecule has 19 heavy (non-hydrogen) atoms. The Bertz CT molecular complexity index is 630. The molecule has 0 aliphatic carbocycles. The summed E-state index contributed by atoms with van der Waals surface area (Å²) in [4.78, 5) is 11.8. The smallest absolute Gasteiger partial charge is 0.262 e. The Morgan fingerprint density at radius 2 is 1.89 bits per heavy atom. The molecule has 1 heterocycles. The van der Waals surface area contributed by atoms with Crippen LogP contribution in [0.4, 0.5) is 0 Å². The standard InChI is InChI=1S/C14H15NO3S/c1-12-6-5-10-15(14(12)16)19(17,18)11-9-13-7-3-2-4-8-13/h2-4,6-9,11H,5,10H2,1H3/b11-9+. The van der Waals surface area contributed by atoms with Crippen LogP contribution in [0, 0.1) is 0 Å². The van der Waals surface area contributed by atoms with Crippen LogP contribution in [0.5, 0.6) is 0 Å². The third-order valence-corrected chi connectivity index (χ3v) is 4.33. The Hall–Kier alpha value is -1.88. The molecule has 0 bridgehead atoms. The highest BCUT2D eigenvalue weighted by Gasteiger charge is 2.27. The van der Waals surface area contributed by atoms with Crippen molar-refractivity contribution in [1.29, 1.82) is 0 Å². The number of sulfonamides is 1. The van der Waals surface area contributed by atoms with Crippen LogP contribution in [0.1, 0.15) is 18.9 Å². The highest BCUT2D eigenvalue weighted by Crippen LogP contribution is 2.16. The summed E-state index contributed by atoms with van der Waals surface area (Å²) in [6.45, 7) is 1.84. The Kier molecular flexibility index (Phi) is 3.85. The number of benzene rings is 1. The highest BCUT2D eigenvalue weighted by molar-refractivity contribution is 7.92. The average Bonchev–Trinajstić information content (AvgIpc) is 2.41. The predicted molar refractivity (Wildman–Crippen MR) is 74.5 cm³/mol. The highest BCUT2D eigenvalue weighted by atomic mass is 32.2. The summed E-state index contributed by atoms with van der Waals surface area (Å²) in [7, 11) is -3.70. The summed E-state index contributed by atoms with van der Waals surface area (Å²) >= 11 is 0. The van der Waals surface area contributed by atoms with Crippen molar-refractivity contribution in [3.63, 3.8) is 0 Å². The van der Waals surface area contributed by atoms with Crippen LogP contribution in [0.15, 0.2) is 47.4 Å². The Morgan fingerprint density at radius 1 is 1.21 bits per heavy atom. The molecule has 0 saturated carbocycles. The second-order valence-corrected chi connectivity index (χ2v) is 6.05. The second-order valence-electron chi connectivity index (χ2n) is 4.31. The van der Waals surface area contributed by atoms with Crippen LogP contribution in [0.3, 0.4) is 0 Å². The molecule has 0 atom stereocenters. The van der Waals surface area contributed by atoms with Gasteiger partial charge in [0, 0.05) is 12.1 Å². The first-order valence-electron chi connectivity index (χ1n) is 5.98. The molecule has 0 radical (unpaired) electrons. The topological polar surface area (TPSA) is 54.5 Å². The van der Waals surface area contributed by atoms with Crippen molar-refractivity contribution in [2.45, 2.75) is 13.3 Å². The van der Waals surface area contributed by atoms with Crippen molar-refractivity contribution in [3.8, 4) is 0 Å². The lowest BCUT2D eigenvalue weighted by atomic mass is 10.2. The first-order valence-corrected chi connectivity index (χ1v) is 7.48. The van der Waals surface area contributed by atoms with E-state index in [1.54, 1.807) is 25.1 Å². The minimum absolute atomic E-state index is 0.206. The van der Waals surface area contributed by atoms with Gasteiger partial charge in [0.2, 0.25) is 0 Å². The SMILES string of the molecule is CC1=CCCN(S(=O)(=O)/C=C/c2ccccc2)C1=O. The second kappa shape index (κ2) is 5.40. The van der Waals surface area contributed by atoms with Gasteiger partial charge in [-0.15, -0.1) is 0 Å². The molecule has 0 spiro atoms. The predicted octanol–water partition coefficient (Wildman–Crippen LogP) is 2.17. The first kappa shape index (κ1) is 13.5. The maximum Gasteiger partial charge on any atom is 0.262 e. The van der Waals surface area contributed by atoms with Crippen molar-refractivity contribution in [1.82, 2.24) is 4.31 Å². The van der Waals surface area contributed by atoms with E-state index in [2.05, 4.69) is 0 Å². The molecule has 0 saturated heterocycles. The van der Waals surface area contributed by atoms with Crippen molar-refractivity contribution in [3.05, 3.63) is 53.0 Å². The molecular weight excluding hydrogens is 262 g/mol. The Balaban J connectivity index is 2.22. The van der Waals surface area contributed by atoms with Crippen LogP contribution in [-0.4, -0.2) is 25.2 Å². The summed E-state index contributed by atoms with van der Waals surface area (Å²) < 4.78 is 25.1. The van der Waals surface area contributed by atoms with Crippen LogP contribution in [0.25, 0.3) is 6.08 Å². The molecule has 1 amide bonds. The van der Waals surface area contributed by atoms with E-state index in [-0.39, 0.29) is 6.54 Å². The molecule has 1 aromatic carbocycles. The fourth-order valence-corrected chi connectivity index (χ4v) is 3.04. The number of hydrogen-bond donors (Lipinski definition) is 0. The molecule has 0 N–H and O–H groups in total. The zero-order valence-corrected chi connectivity index (χ0v) is 11.4. The number of nitrogens with zero attached hydrogens (tertiary/aromatic N) is 1. The van der Waals surface area contributed by atoms with E-state index in [1.807, 2.05) is 18.2 Å². The Labute approximate surface area is 113 Å². The molecule has 4 nitrogen and oxygen atoms in total. The number of carbonyl (C=O) groups excluding carboxylic acids is 1. The maximum absolute atomic E-state index is 12.1. The Morgan fingerprint density at radius 3 is 2.58 bits per heavy atom. The van der Waals surface area contributed by atoms with E-state index in [0.29, 0.717) is 12.0 Å². The van der Waals surface area contributed by atoms with Crippen LogP contribution < -0.4 is 0 Å². The van der Waals surface area contributed by atoms with Gasteiger partial charge in [-0.1, -0.05) is 36.4 Å². The van der Waals surface area contributed by atoms with Gasteiger partial charge in [0.15, 0.2) is 0 Å². The number of hydrogen-bond acceptors (Lipinski definition) is 3. The summed E-state index contributed by atoms with van der Waals surface area (Å²) in [5.74, 6) is -0.441. The number of rotatable bonds is 3. The molecule has 1 aliphatic rings. The normalized spacial score (nSPS) is 16.8. The molecule has 0 aromatic heterocycles. The summed E-state index contributed by atoms with van der Waals surface area (Å²) in [5, 5.41) is 1.08. The summed E-state index contributed by atoms with van der Waals surface area (Å²) in [6.07, 6.45) is 3.82. The average molecular weight is 277 g/mol. The molecule has 100 valence electrons. The lowest BCUT2D eigenvalue weighted by molar-refractivity contribution is -0.123. The van der Waals surface area contributed by atoms with Gasteiger partial charge < -0.3 is 0 Å². The first-order chi connectivity index (χ1) is 9.00. The van der Waals surface area contributed by atoms with Crippen LogP contribution >= 0.6 is 0 Å². The van der Waals surface area contributed by atoms with Gasteiger partial charge in [0.05, 0.1) is 5.41 Å². The fourth-order valence-electron chi connectivity index (χ4n) is 1.83. The molecule has 1 aliphatic heterocycles. The van der Waals surface area contributed by atoms with Gasteiger partial charge in [-0.2, -0.15) is 0 Å². The van der Waals surface area contributed by atoms with Crippen LogP contribution in [0.2, 0.25) is 0 Å². The summed E-state index contributed by atoms with van der Waals surface area (Å²) in [5.41, 5.74) is 1.26. The van der Waals surface area contributed by atoms with Crippen molar-refractivity contribution in [2.24, 2.45) is 0 Å². The fraction of sp³-hybridized carbons (Fsp3) is 0.214. The molecule has 2 rings (SSSR count). The number of amides is 1. The largest absolute Gasteiger partial charge is 0.268 e. The molecule has 5 heteroatoms. The van der Waals surface area contributed by atoms with Gasteiger partial charge in [0.25, 0.3) is 15.9 Å². The van der Waals surface area contributed by atoms with E-state index in [9.17, 15) is 13.2 Å². The third kappa shape index (κ3) is 3.12. The van der Waals surface area contributed by atoms with Gasteiger partial charge in [-0.25, -0.2) is 12.7 Å². The van der Waals surface area contributed by atoms with Gasteiger partial charge in [0.1, 0.15) is 0 Å². The van der Waals surface area contributed by atoms with Crippen molar-refractivity contribution < 1.29 is 13.2 Å². The summed E-state index contributed by atoms with van der Waals surface area (Å²) in [6, 6.07) is 9.11. The van der Waals surface area contributed by atoms with Crippen molar-refractivity contribution >= 4 is 22.0 Å². The monoisotopic (exact) mass is 277 g/mol. The number of carbonyl (C=O) groups is 1. The maximum atomic E-state index is 12.1.